The maximum atomic E-state index is 12.8. The first-order chi connectivity index (χ1) is 14.5. The standard InChI is InChI=1S/C22H22N6O2/c1-16(17-7-9-18(10-8-17)28-15-23-14-25-28)26(2)22(30)11-12-27-20-6-4-3-5-19(20)21(29)13-24-27/h3-10,13-16H,11-12H2,1-2H3. The van der Waals surface area contributed by atoms with E-state index in [1.54, 1.807) is 33.7 Å². The summed E-state index contributed by atoms with van der Waals surface area (Å²) in [6, 6.07) is 15.1. The predicted octanol–water partition coefficient (Wildman–Crippen LogP) is 2.59. The van der Waals surface area contributed by atoms with E-state index >= 15 is 0 Å². The first-order valence-corrected chi connectivity index (χ1v) is 9.70. The number of hydrogen-bond acceptors (Lipinski definition) is 5. The van der Waals surface area contributed by atoms with Crippen molar-refractivity contribution < 1.29 is 4.79 Å². The Balaban J connectivity index is 1.44. The van der Waals surface area contributed by atoms with Crippen LogP contribution in [0.5, 0.6) is 0 Å². The van der Waals surface area contributed by atoms with Crippen LogP contribution in [0.2, 0.25) is 0 Å². The molecule has 0 bridgehead atoms. The van der Waals surface area contributed by atoms with Gasteiger partial charge >= 0.3 is 0 Å². The monoisotopic (exact) mass is 402 g/mol. The summed E-state index contributed by atoms with van der Waals surface area (Å²) in [7, 11) is 1.80. The van der Waals surface area contributed by atoms with Crippen molar-refractivity contribution in [1.29, 1.82) is 0 Å². The average Bonchev–Trinajstić information content (AvgIpc) is 3.33. The van der Waals surface area contributed by atoms with Gasteiger partial charge in [0.15, 0.2) is 0 Å². The Kier molecular flexibility index (Phi) is 5.38. The Labute approximate surface area is 173 Å². The van der Waals surface area contributed by atoms with E-state index in [0.29, 0.717) is 11.9 Å². The molecule has 0 spiro atoms. The van der Waals surface area contributed by atoms with E-state index in [0.717, 1.165) is 16.8 Å². The van der Waals surface area contributed by atoms with E-state index in [-0.39, 0.29) is 23.8 Å². The third-order valence-electron chi connectivity index (χ3n) is 5.33. The van der Waals surface area contributed by atoms with Gasteiger partial charge in [-0.25, -0.2) is 9.67 Å². The topological polar surface area (TPSA) is 85.9 Å². The number of aromatic nitrogens is 5. The number of hydrogen-bond donors (Lipinski definition) is 0. The minimum atomic E-state index is -0.117. The second-order valence-electron chi connectivity index (χ2n) is 7.11. The largest absolute Gasteiger partial charge is 0.339 e. The molecule has 8 nitrogen and oxygen atoms in total. The predicted molar refractivity (Wildman–Crippen MR) is 113 cm³/mol. The lowest BCUT2D eigenvalue weighted by Crippen LogP contribution is -2.30. The Morgan fingerprint density at radius 3 is 2.60 bits per heavy atom. The second-order valence-corrected chi connectivity index (χ2v) is 7.11. The van der Waals surface area contributed by atoms with Gasteiger partial charge in [0.05, 0.1) is 30.0 Å². The van der Waals surface area contributed by atoms with Crippen molar-refractivity contribution in [3.8, 4) is 5.69 Å². The molecule has 0 fully saturated rings. The number of carbonyl (C=O) groups is 1. The minimum absolute atomic E-state index is 0.00688. The molecule has 4 rings (SSSR count). The molecule has 0 aliphatic rings. The first-order valence-electron chi connectivity index (χ1n) is 9.70. The van der Waals surface area contributed by atoms with Gasteiger partial charge in [-0.3, -0.25) is 14.3 Å². The van der Waals surface area contributed by atoms with Crippen LogP contribution in [0.25, 0.3) is 16.6 Å². The molecule has 0 N–H and O–H groups in total. The fourth-order valence-corrected chi connectivity index (χ4v) is 3.40. The fourth-order valence-electron chi connectivity index (χ4n) is 3.40. The van der Waals surface area contributed by atoms with Crippen molar-refractivity contribution in [2.45, 2.75) is 25.9 Å². The van der Waals surface area contributed by atoms with Crippen LogP contribution in [0.4, 0.5) is 0 Å². The third kappa shape index (κ3) is 3.84. The van der Waals surface area contributed by atoms with Crippen LogP contribution in [0.1, 0.15) is 24.9 Å². The molecule has 1 atom stereocenters. The highest BCUT2D eigenvalue weighted by atomic mass is 16.2. The quantitative estimate of drug-likeness (QED) is 0.495. The molecule has 8 heteroatoms. The lowest BCUT2D eigenvalue weighted by Gasteiger charge is -2.26. The lowest BCUT2D eigenvalue weighted by atomic mass is 10.1. The highest BCUT2D eigenvalue weighted by molar-refractivity contribution is 5.79. The molecule has 30 heavy (non-hydrogen) atoms. The maximum absolute atomic E-state index is 12.8. The van der Waals surface area contributed by atoms with E-state index in [4.69, 9.17) is 0 Å². The van der Waals surface area contributed by atoms with E-state index in [1.165, 1.54) is 12.5 Å². The molecular weight excluding hydrogens is 380 g/mol. The second kappa shape index (κ2) is 8.28. The van der Waals surface area contributed by atoms with Crippen LogP contribution in [-0.2, 0) is 11.3 Å². The maximum Gasteiger partial charge on any atom is 0.224 e. The smallest absolute Gasteiger partial charge is 0.224 e. The highest BCUT2D eigenvalue weighted by Gasteiger charge is 2.18. The van der Waals surface area contributed by atoms with E-state index in [2.05, 4.69) is 15.2 Å². The summed E-state index contributed by atoms with van der Waals surface area (Å²) in [4.78, 5) is 30.4. The zero-order valence-corrected chi connectivity index (χ0v) is 16.8. The Hall–Kier alpha value is -3.81. The van der Waals surface area contributed by atoms with E-state index in [9.17, 15) is 9.59 Å². The zero-order valence-electron chi connectivity index (χ0n) is 16.8. The van der Waals surface area contributed by atoms with E-state index in [1.807, 2.05) is 49.4 Å². The number of fused-ring (bicyclic) bond motifs is 1. The summed E-state index contributed by atoms with van der Waals surface area (Å²) < 4.78 is 3.39. The number of aryl methyl sites for hydroxylation is 1. The van der Waals surface area contributed by atoms with Crippen molar-refractivity contribution in [3.63, 3.8) is 0 Å². The van der Waals surface area contributed by atoms with Gasteiger partial charge in [0.25, 0.3) is 0 Å². The summed E-state index contributed by atoms with van der Waals surface area (Å²) >= 11 is 0. The molecule has 2 aromatic carbocycles. The molecule has 1 amide bonds. The van der Waals surface area contributed by atoms with Crippen LogP contribution in [-0.4, -0.2) is 42.4 Å². The summed E-state index contributed by atoms with van der Waals surface area (Å²) in [5.74, 6) is 0.00688. The molecule has 1 unspecified atom stereocenters. The number of amides is 1. The van der Waals surface area contributed by atoms with Gasteiger partial charge in [-0.1, -0.05) is 24.3 Å². The van der Waals surface area contributed by atoms with Gasteiger partial charge in [0.1, 0.15) is 12.7 Å². The molecule has 0 saturated carbocycles. The number of para-hydroxylation sites is 1. The molecule has 4 aromatic rings. The van der Waals surface area contributed by atoms with Crippen LogP contribution in [0.15, 0.2) is 72.2 Å². The third-order valence-corrected chi connectivity index (χ3v) is 5.33. The number of rotatable bonds is 6. The molecule has 0 saturated heterocycles. The Morgan fingerprint density at radius 1 is 1.10 bits per heavy atom. The molecule has 2 heterocycles. The Morgan fingerprint density at radius 2 is 1.87 bits per heavy atom. The van der Waals surface area contributed by atoms with Gasteiger partial charge in [0.2, 0.25) is 11.3 Å². The SMILES string of the molecule is CC(c1ccc(-n2cncn2)cc1)N(C)C(=O)CCn1ncc(=O)c2ccccc21. The van der Waals surface area contributed by atoms with Gasteiger partial charge in [-0.05, 0) is 36.8 Å². The van der Waals surface area contributed by atoms with Crippen LogP contribution < -0.4 is 5.43 Å². The van der Waals surface area contributed by atoms with Crippen molar-refractivity contribution in [1.82, 2.24) is 29.4 Å². The minimum Gasteiger partial charge on any atom is -0.339 e. The van der Waals surface area contributed by atoms with Gasteiger partial charge < -0.3 is 4.90 Å². The van der Waals surface area contributed by atoms with Crippen molar-refractivity contribution >= 4 is 16.8 Å². The van der Waals surface area contributed by atoms with Crippen molar-refractivity contribution in [2.75, 3.05) is 7.05 Å². The lowest BCUT2D eigenvalue weighted by molar-refractivity contribution is -0.132. The number of carbonyl (C=O) groups excluding carboxylic acids is 1. The van der Waals surface area contributed by atoms with Crippen molar-refractivity contribution in [2.24, 2.45) is 0 Å². The van der Waals surface area contributed by atoms with Gasteiger partial charge in [-0.15, -0.1) is 0 Å². The molecule has 2 aromatic heterocycles. The van der Waals surface area contributed by atoms with Crippen LogP contribution in [0.3, 0.4) is 0 Å². The summed E-state index contributed by atoms with van der Waals surface area (Å²) in [6.45, 7) is 2.40. The summed E-state index contributed by atoms with van der Waals surface area (Å²) in [6.07, 6.45) is 4.72. The van der Waals surface area contributed by atoms with Gasteiger partial charge in [-0.2, -0.15) is 10.2 Å². The Bertz CT molecular complexity index is 1210. The van der Waals surface area contributed by atoms with Crippen LogP contribution >= 0.6 is 0 Å². The number of benzene rings is 2. The van der Waals surface area contributed by atoms with Crippen molar-refractivity contribution in [3.05, 3.63) is 83.2 Å². The normalized spacial score (nSPS) is 12.1. The molecule has 152 valence electrons. The molecular formula is C22H22N6O2. The summed E-state index contributed by atoms with van der Waals surface area (Å²) in [5, 5.41) is 8.92. The average molecular weight is 402 g/mol. The molecule has 0 aliphatic carbocycles. The fraction of sp³-hybridized carbons (Fsp3) is 0.227. The van der Waals surface area contributed by atoms with Gasteiger partial charge in [0, 0.05) is 18.9 Å². The van der Waals surface area contributed by atoms with Crippen LogP contribution in [0, 0.1) is 0 Å². The highest BCUT2D eigenvalue weighted by Crippen LogP contribution is 2.21. The summed E-state index contributed by atoms with van der Waals surface area (Å²) in [5.41, 5.74) is 2.56. The van der Waals surface area contributed by atoms with E-state index < -0.39 is 0 Å². The molecule has 0 aliphatic heterocycles. The zero-order chi connectivity index (χ0) is 21.1. The number of nitrogens with zero attached hydrogens (tertiary/aromatic N) is 6. The first kappa shape index (κ1) is 19.5. The molecule has 0 radical (unpaired) electrons.